The van der Waals surface area contributed by atoms with Crippen LogP contribution in [0.2, 0.25) is 0 Å². The molecule has 2 fully saturated rings. The van der Waals surface area contributed by atoms with Crippen LogP contribution in [-0.4, -0.2) is 18.5 Å². The number of nitrogens with one attached hydrogen (secondary N) is 1. The molecule has 2 aliphatic rings. The lowest BCUT2D eigenvalue weighted by Crippen LogP contribution is -2.35. The molecule has 2 saturated carbocycles. The van der Waals surface area contributed by atoms with Crippen LogP contribution < -0.4 is 11.1 Å². The number of rotatable bonds is 4. The Morgan fingerprint density at radius 1 is 1.32 bits per heavy atom. The maximum atomic E-state index is 5.94. The van der Waals surface area contributed by atoms with Gasteiger partial charge < -0.3 is 11.1 Å². The van der Waals surface area contributed by atoms with Gasteiger partial charge in [0.1, 0.15) is 0 Å². The van der Waals surface area contributed by atoms with Crippen LogP contribution in [0.15, 0.2) is 33.7 Å². The van der Waals surface area contributed by atoms with Crippen molar-refractivity contribution in [3.8, 4) is 0 Å². The molecule has 0 amide bonds. The molecule has 3 nitrogen and oxygen atoms in total. The van der Waals surface area contributed by atoms with Gasteiger partial charge in [-0.15, -0.1) is 0 Å². The number of nitrogens with zero attached hydrogens (tertiary/aromatic N) is 1. The lowest BCUT2D eigenvalue weighted by molar-refractivity contribution is 0.326. The smallest absolute Gasteiger partial charge is 0.188 e. The molecule has 0 saturated heterocycles. The molecule has 0 aliphatic heterocycles. The largest absolute Gasteiger partial charge is 0.370 e. The second kappa shape index (κ2) is 5.53. The first-order valence-corrected chi connectivity index (χ1v) is 7.83. The van der Waals surface area contributed by atoms with Gasteiger partial charge >= 0.3 is 0 Å². The average Bonchev–Trinajstić information content (AvgIpc) is 3.07. The minimum atomic E-state index is 0.464. The molecule has 0 aromatic heterocycles. The molecule has 3 rings (SSSR count). The van der Waals surface area contributed by atoms with E-state index in [4.69, 9.17) is 5.73 Å². The third-order valence-corrected chi connectivity index (χ3v) is 4.70. The van der Waals surface area contributed by atoms with Gasteiger partial charge in [0.05, 0.1) is 0 Å². The summed E-state index contributed by atoms with van der Waals surface area (Å²) in [5, 5.41) is 3.34. The van der Waals surface area contributed by atoms with E-state index in [9.17, 15) is 0 Å². The Bertz CT molecular complexity index is 465. The number of benzene rings is 1. The van der Waals surface area contributed by atoms with Gasteiger partial charge in [0, 0.05) is 23.0 Å². The minimum absolute atomic E-state index is 0.464. The van der Waals surface area contributed by atoms with E-state index in [1.165, 1.54) is 24.8 Å². The first-order valence-electron chi connectivity index (χ1n) is 7.04. The summed E-state index contributed by atoms with van der Waals surface area (Å²) in [6.07, 6.45) is 5.16. The summed E-state index contributed by atoms with van der Waals surface area (Å²) >= 11 is 3.46. The fourth-order valence-corrected chi connectivity index (χ4v) is 2.84. The first kappa shape index (κ1) is 13.0. The van der Waals surface area contributed by atoms with Crippen molar-refractivity contribution in [2.75, 3.05) is 6.54 Å². The van der Waals surface area contributed by atoms with Crippen molar-refractivity contribution in [3.63, 3.8) is 0 Å². The monoisotopic (exact) mass is 321 g/mol. The normalized spacial score (nSPS) is 26.9. The van der Waals surface area contributed by atoms with Crippen molar-refractivity contribution in [1.82, 2.24) is 5.32 Å². The molecule has 1 aromatic carbocycles. The van der Waals surface area contributed by atoms with Gasteiger partial charge in [-0.25, -0.2) is 0 Å². The van der Waals surface area contributed by atoms with Gasteiger partial charge in [-0.05, 0) is 42.9 Å². The molecular formula is C15H20BrN3. The van der Waals surface area contributed by atoms with Crippen LogP contribution in [0, 0.1) is 5.92 Å². The number of hydrogen-bond donors (Lipinski definition) is 2. The highest BCUT2D eigenvalue weighted by molar-refractivity contribution is 9.10. The predicted molar refractivity (Wildman–Crippen MR) is 82.3 cm³/mol. The fraction of sp³-hybridized carbons (Fsp3) is 0.533. The number of halogens is 1. The van der Waals surface area contributed by atoms with Crippen LogP contribution in [0.4, 0.5) is 0 Å². The summed E-state index contributed by atoms with van der Waals surface area (Å²) in [5.41, 5.74) is 7.32. The zero-order valence-electron chi connectivity index (χ0n) is 11.0. The van der Waals surface area contributed by atoms with Gasteiger partial charge in [0.15, 0.2) is 5.96 Å². The zero-order chi connectivity index (χ0) is 13.2. The molecule has 0 bridgehead atoms. The Hall–Kier alpha value is -1.03. The lowest BCUT2D eigenvalue weighted by Gasteiger charge is -2.23. The molecule has 1 aromatic rings. The summed E-state index contributed by atoms with van der Waals surface area (Å²) < 4.78 is 1.13. The Labute approximate surface area is 122 Å². The summed E-state index contributed by atoms with van der Waals surface area (Å²) in [6.45, 7) is 0.897. The van der Waals surface area contributed by atoms with Gasteiger partial charge in [-0.2, -0.15) is 0 Å². The van der Waals surface area contributed by atoms with E-state index in [-0.39, 0.29) is 0 Å². The average molecular weight is 322 g/mol. The molecule has 2 atom stereocenters. The molecule has 2 aliphatic carbocycles. The summed E-state index contributed by atoms with van der Waals surface area (Å²) in [6, 6.07) is 9.01. The third kappa shape index (κ3) is 3.30. The van der Waals surface area contributed by atoms with Crippen molar-refractivity contribution in [1.29, 1.82) is 0 Å². The van der Waals surface area contributed by atoms with Crippen LogP contribution in [0.1, 0.15) is 37.2 Å². The van der Waals surface area contributed by atoms with Crippen LogP contribution in [0.25, 0.3) is 0 Å². The SMILES string of the molecule is NC(=NCC1CCC1)NC1CC1c1ccc(Br)cc1. The van der Waals surface area contributed by atoms with Crippen LogP contribution in [0.5, 0.6) is 0 Å². The number of aliphatic imine (C=N–C) groups is 1. The predicted octanol–water partition coefficient (Wildman–Crippen LogP) is 3.01. The first-order chi connectivity index (χ1) is 9.22. The zero-order valence-corrected chi connectivity index (χ0v) is 12.6. The number of hydrogen-bond acceptors (Lipinski definition) is 1. The molecule has 19 heavy (non-hydrogen) atoms. The van der Waals surface area contributed by atoms with E-state index in [0.29, 0.717) is 17.9 Å². The maximum absolute atomic E-state index is 5.94. The molecule has 0 heterocycles. The molecule has 102 valence electrons. The number of nitrogens with two attached hydrogens (primary N) is 1. The van der Waals surface area contributed by atoms with Crippen LogP contribution in [-0.2, 0) is 0 Å². The van der Waals surface area contributed by atoms with Gasteiger partial charge in [-0.3, -0.25) is 4.99 Å². The highest BCUT2D eigenvalue weighted by Crippen LogP contribution is 2.40. The van der Waals surface area contributed by atoms with Crippen LogP contribution >= 0.6 is 15.9 Å². The second-order valence-electron chi connectivity index (χ2n) is 5.67. The van der Waals surface area contributed by atoms with Crippen LogP contribution in [0.3, 0.4) is 0 Å². The van der Waals surface area contributed by atoms with Crippen molar-refractivity contribution < 1.29 is 0 Å². The maximum Gasteiger partial charge on any atom is 0.188 e. The molecule has 3 N–H and O–H groups in total. The van der Waals surface area contributed by atoms with E-state index in [1.807, 2.05) is 0 Å². The van der Waals surface area contributed by atoms with Crippen molar-refractivity contribution in [2.45, 2.75) is 37.6 Å². The van der Waals surface area contributed by atoms with E-state index >= 15 is 0 Å². The van der Waals surface area contributed by atoms with Gasteiger partial charge in [0.25, 0.3) is 0 Å². The topological polar surface area (TPSA) is 50.4 Å². The highest BCUT2D eigenvalue weighted by Gasteiger charge is 2.38. The van der Waals surface area contributed by atoms with Crippen molar-refractivity contribution in [3.05, 3.63) is 34.3 Å². The van der Waals surface area contributed by atoms with E-state index in [2.05, 4.69) is 50.5 Å². The Balaban J connectivity index is 1.48. The standard InChI is InChI=1S/C15H20BrN3/c16-12-6-4-11(5-7-12)13-8-14(13)19-15(17)18-9-10-2-1-3-10/h4-7,10,13-14H,1-3,8-9H2,(H3,17,18,19). The Morgan fingerprint density at radius 3 is 2.68 bits per heavy atom. The van der Waals surface area contributed by atoms with E-state index in [0.717, 1.165) is 23.4 Å². The summed E-state index contributed by atoms with van der Waals surface area (Å²) in [7, 11) is 0. The quantitative estimate of drug-likeness (QED) is 0.661. The molecule has 4 heteroatoms. The van der Waals surface area contributed by atoms with Gasteiger partial charge in [-0.1, -0.05) is 34.5 Å². The molecule has 2 unspecified atom stereocenters. The van der Waals surface area contributed by atoms with Crippen molar-refractivity contribution >= 4 is 21.9 Å². The second-order valence-corrected chi connectivity index (χ2v) is 6.58. The molecular weight excluding hydrogens is 302 g/mol. The van der Waals surface area contributed by atoms with Gasteiger partial charge in [0.2, 0.25) is 0 Å². The Morgan fingerprint density at radius 2 is 2.05 bits per heavy atom. The van der Waals surface area contributed by atoms with Crippen molar-refractivity contribution in [2.24, 2.45) is 16.6 Å². The minimum Gasteiger partial charge on any atom is -0.370 e. The van der Waals surface area contributed by atoms with E-state index in [1.54, 1.807) is 0 Å². The van der Waals surface area contributed by atoms with E-state index < -0.39 is 0 Å². The molecule has 0 spiro atoms. The molecule has 0 radical (unpaired) electrons. The fourth-order valence-electron chi connectivity index (χ4n) is 2.57. The third-order valence-electron chi connectivity index (χ3n) is 4.17. The summed E-state index contributed by atoms with van der Waals surface area (Å²) in [5.74, 6) is 1.99. The highest BCUT2D eigenvalue weighted by atomic mass is 79.9. The Kier molecular flexibility index (Phi) is 3.78. The lowest BCUT2D eigenvalue weighted by atomic mass is 9.86. The summed E-state index contributed by atoms with van der Waals surface area (Å²) in [4.78, 5) is 4.44. The number of guanidine groups is 1.